The fourth-order valence-corrected chi connectivity index (χ4v) is 3.18. The molecule has 0 radical (unpaired) electrons. The summed E-state index contributed by atoms with van der Waals surface area (Å²) in [6, 6.07) is 18.6. The van der Waals surface area contributed by atoms with Crippen molar-refractivity contribution in [2.75, 3.05) is 0 Å². The zero-order valence-electron chi connectivity index (χ0n) is 13.3. The summed E-state index contributed by atoms with van der Waals surface area (Å²) in [6.07, 6.45) is 1.65. The number of aromatic nitrogens is 2. The van der Waals surface area contributed by atoms with Crippen molar-refractivity contribution in [2.24, 2.45) is 0 Å². The van der Waals surface area contributed by atoms with E-state index in [9.17, 15) is 5.26 Å². The fraction of sp³-hybridized carbons (Fsp3) is 0. The van der Waals surface area contributed by atoms with E-state index in [2.05, 4.69) is 16.0 Å². The van der Waals surface area contributed by atoms with E-state index in [0.717, 1.165) is 16.6 Å². The van der Waals surface area contributed by atoms with Crippen LogP contribution < -0.4 is 0 Å². The van der Waals surface area contributed by atoms with Crippen molar-refractivity contribution in [3.63, 3.8) is 0 Å². The molecular weight excluding hydrogens is 369 g/mol. The Morgan fingerprint density at radius 1 is 1.08 bits per heavy atom. The molecule has 6 heteroatoms. The third-order valence-corrected chi connectivity index (χ3v) is 4.26. The Labute approximate surface area is 159 Å². The van der Waals surface area contributed by atoms with Gasteiger partial charge in [0.1, 0.15) is 23.4 Å². The monoisotopic (exact) mass is 379 g/mol. The number of hydrogen-bond acceptors (Lipinski definition) is 3. The summed E-state index contributed by atoms with van der Waals surface area (Å²) in [5.41, 5.74) is 2.82. The van der Waals surface area contributed by atoms with Crippen molar-refractivity contribution in [1.29, 1.82) is 5.26 Å². The predicted molar refractivity (Wildman–Crippen MR) is 104 cm³/mol. The second-order valence-corrected chi connectivity index (χ2v) is 6.51. The number of hydrogen-bond donors (Lipinski definition) is 1. The third kappa shape index (κ3) is 3.23. The Balaban J connectivity index is 1.70. The lowest BCUT2D eigenvalue weighted by molar-refractivity contribution is 0.572. The second kappa shape index (κ2) is 6.72. The van der Waals surface area contributed by atoms with Gasteiger partial charge in [-0.15, -0.1) is 0 Å². The molecule has 4 nitrogen and oxygen atoms in total. The summed E-state index contributed by atoms with van der Waals surface area (Å²) in [7, 11) is 0. The van der Waals surface area contributed by atoms with Gasteiger partial charge in [0.25, 0.3) is 0 Å². The van der Waals surface area contributed by atoms with Crippen LogP contribution in [0.4, 0.5) is 0 Å². The Bertz CT molecular complexity index is 1130. The standard InChI is InChI=1S/C20H11Cl2N3O/c21-14-7-12(8-15(22)10-14)19-6-5-16(26-19)9-13(11-23)20-24-17-3-1-2-4-18(17)25-20/h1-10H,(H,24,25). The van der Waals surface area contributed by atoms with E-state index in [4.69, 9.17) is 27.6 Å². The first-order valence-corrected chi connectivity index (χ1v) is 8.51. The molecule has 126 valence electrons. The van der Waals surface area contributed by atoms with Gasteiger partial charge in [-0.05, 0) is 42.5 Å². The molecule has 2 aromatic carbocycles. The number of H-pyrrole nitrogens is 1. The van der Waals surface area contributed by atoms with Crippen LogP contribution in [0.2, 0.25) is 10.0 Å². The number of nitriles is 1. The highest BCUT2D eigenvalue weighted by Gasteiger charge is 2.10. The maximum atomic E-state index is 9.51. The van der Waals surface area contributed by atoms with Crippen LogP contribution in [0.5, 0.6) is 0 Å². The van der Waals surface area contributed by atoms with E-state index < -0.39 is 0 Å². The Kier molecular flexibility index (Phi) is 4.26. The van der Waals surface area contributed by atoms with Crippen LogP contribution in [0.1, 0.15) is 11.6 Å². The largest absolute Gasteiger partial charge is 0.457 e. The third-order valence-electron chi connectivity index (χ3n) is 3.83. The smallest absolute Gasteiger partial charge is 0.149 e. The molecule has 2 aromatic heterocycles. The summed E-state index contributed by atoms with van der Waals surface area (Å²) in [5, 5.41) is 10.6. The predicted octanol–water partition coefficient (Wildman–Crippen LogP) is 6.19. The number of para-hydroxylation sites is 2. The van der Waals surface area contributed by atoms with Crippen LogP contribution in [0.15, 0.2) is 59.0 Å². The number of allylic oxidation sites excluding steroid dienone is 1. The van der Waals surface area contributed by atoms with Crippen LogP contribution in [-0.4, -0.2) is 9.97 Å². The molecule has 2 heterocycles. The topological polar surface area (TPSA) is 65.6 Å². The van der Waals surface area contributed by atoms with Crippen molar-refractivity contribution in [2.45, 2.75) is 0 Å². The average molecular weight is 380 g/mol. The summed E-state index contributed by atoms with van der Waals surface area (Å²) < 4.78 is 5.82. The number of nitrogens with zero attached hydrogens (tertiary/aromatic N) is 2. The SMILES string of the molecule is N#CC(=Cc1ccc(-c2cc(Cl)cc(Cl)c2)o1)c1nc2ccccc2[nH]1. The minimum atomic E-state index is 0.381. The molecule has 0 amide bonds. The minimum absolute atomic E-state index is 0.381. The Hall–Kier alpha value is -3.00. The Morgan fingerprint density at radius 3 is 2.58 bits per heavy atom. The first kappa shape index (κ1) is 16.5. The van der Waals surface area contributed by atoms with Crippen molar-refractivity contribution in [1.82, 2.24) is 9.97 Å². The molecule has 0 atom stereocenters. The number of imidazole rings is 1. The molecule has 0 bridgehead atoms. The summed E-state index contributed by atoms with van der Waals surface area (Å²) in [4.78, 5) is 7.59. The van der Waals surface area contributed by atoms with Crippen LogP contribution in [-0.2, 0) is 0 Å². The normalized spacial score (nSPS) is 11.7. The van der Waals surface area contributed by atoms with Gasteiger partial charge >= 0.3 is 0 Å². The first-order valence-electron chi connectivity index (χ1n) is 7.75. The van der Waals surface area contributed by atoms with Gasteiger partial charge in [-0.2, -0.15) is 5.26 Å². The van der Waals surface area contributed by atoms with Gasteiger partial charge in [-0.25, -0.2) is 4.98 Å². The Morgan fingerprint density at radius 2 is 1.85 bits per heavy atom. The quantitative estimate of drug-likeness (QED) is 0.431. The first-order chi connectivity index (χ1) is 12.6. The van der Waals surface area contributed by atoms with E-state index in [0.29, 0.717) is 33.0 Å². The van der Waals surface area contributed by atoms with E-state index in [1.807, 2.05) is 24.3 Å². The molecule has 26 heavy (non-hydrogen) atoms. The minimum Gasteiger partial charge on any atom is -0.457 e. The molecule has 0 unspecified atom stereocenters. The molecule has 0 aliphatic heterocycles. The number of furan rings is 1. The van der Waals surface area contributed by atoms with Gasteiger partial charge in [0.05, 0.1) is 16.6 Å². The van der Waals surface area contributed by atoms with Crippen LogP contribution in [0.3, 0.4) is 0 Å². The van der Waals surface area contributed by atoms with E-state index in [1.54, 1.807) is 36.4 Å². The van der Waals surface area contributed by atoms with Gasteiger partial charge in [0, 0.05) is 21.7 Å². The zero-order chi connectivity index (χ0) is 18.1. The fourth-order valence-electron chi connectivity index (χ4n) is 2.66. The van der Waals surface area contributed by atoms with Crippen LogP contribution in [0, 0.1) is 11.3 Å². The highest BCUT2D eigenvalue weighted by molar-refractivity contribution is 6.35. The van der Waals surface area contributed by atoms with Crippen molar-refractivity contribution < 1.29 is 4.42 Å². The maximum absolute atomic E-state index is 9.51. The second-order valence-electron chi connectivity index (χ2n) is 5.63. The van der Waals surface area contributed by atoms with Crippen molar-refractivity contribution in [3.8, 4) is 17.4 Å². The zero-order valence-corrected chi connectivity index (χ0v) is 14.8. The average Bonchev–Trinajstić information content (AvgIpc) is 3.25. The molecular formula is C20H11Cl2N3O. The highest BCUT2D eigenvalue weighted by atomic mass is 35.5. The van der Waals surface area contributed by atoms with Gasteiger partial charge in [-0.1, -0.05) is 35.3 Å². The molecule has 0 saturated heterocycles. The highest BCUT2D eigenvalue weighted by Crippen LogP contribution is 2.29. The molecule has 0 aliphatic carbocycles. The van der Waals surface area contributed by atoms with Crippen LogP contribution in [0.25, 0.3) is 34.0 Å². The number of fused-ring (bicyclic) bond motifs is 1. The summed E-state index contributed by atoms with van der Waals surface area (Å²) in [6.45, 7) is 0. The number of nitrogens with one attached hydrogen (secondary N) is 1. The number of rotatable bonds is 3. The molecule has 0 aliphatic rings. The lowest BCUT2D eigenvalue weighted by Gasteiger charge is -1.99. The van der Waals surface area contributed by atoms with E-state index in [-0.39, 0.29) is 0 Å². The molecule has 0 spiro atoms. The summed E-state index contributed by atoms with van der Waals surface area (Å²) in [5.74, 6) is 1.65. The lowest BCUT2D eigenvalue weighted by Crippen LogP contribution is -1.84. The molecule has 4 rings (SSSR count). The van der Waals surface area contributed by atoms with Gasteiger partial charge < -0.3 is 9.40 Å². The number of halogens is 2. The number of aromatic amines is 1. The molecule has 0 saturated carbocycles. The number of benzene rings is 2. The van der Waals surface area contributed by atoms with Crippen molar-refractivity contribution >= 4 is 45.9 Å². The van der Waals surface area contributed by atoms with Crippen LogP contribution >= 0.6 is 23.2 Å². The molecule has 4 aromatic rings. The van der Waals surface area contributed by atoms with Gasteiger partial charge in [-0.3, -0.25) is 0 Å². The van der Waals surface area contributed by atoms with E-state index >= 15 is 0 Å². The maximum Gasteiger partial charge on any atom is 0.149 e. The molecule has 0 fully saturated rings. The van der Waals surface area contributed by atoms with E-state index in [1.165, 1.54) is 0 Å². The summed E-state index contributed by atoms with van der Waals surface area (Å²) >= 11 is 12.1. The lowest BCUT2D eigenvalue weighted by atomic mass is 10.2. The van der Waals surface area contributed by atoms with Gasteiger partial charge in [0.2, 0.25) is 0 Å². The van der Waals surface area contributed by atoms with Crippen molar-refractivity contribution in [3.05, 3.63) is 76.2 Å². The molecule has 1 N–H and O–H groups in total. The van der Waals surface area contributed by atoms with Gasteiger partial charge in [0.15, 0.2) is 0 Å².